The number of amides is 2. The molecule has 122 valence electrons. The molecule has 0 fully saturated rings. The van der Waals surface area contributed by atoms with Crippen LogP contribution >= 0.6 is 0 Å². The van der Waals surface area contributed by atoms with Gasteiger partial charge in [0.05, 0.1) is 30.9 Å². The van der Waals surface area contributed by atoms with Gasteiger partial charge in [0.2, 0.25) is 11.8 Å². The molecule has 0 radical (unpaired) electrons. The molecule has 8 heteroatoms. The van der Waals surface area contributed by atoms with E-state index in [1.54, 1.807) is 12.1 Å². The van der Waals surface area contributed by atoms with Crippen molar-refractivity contribution in [2.75, 3.05) is 14.2 Å². The number of carbonyl (C=O) groups excluding carboxylic acids is 3. The summed E-state index contributed by atoms with van der Waals surface area (Å²) >= 11 is 0. The molecule has 0 N–H and O–H groups in total. The fourth-order valence-electron chi connectivity index (χ4n) is 2.19. The van der Waals surface area contributed by atoms with Crippen LogP contribution in [0.2, 0.25) is 0 Å². The Morgan fingerprint density at radius 3 is 1.92 bits per heavy atom. The van der Waals surface area contributed by atoms with E-state index in [9.17, 15) is 14.4 Å². The molecule has 8 nitrogen and oxygen atoms in total. The Morgan fingerprint density at radius 1 is 0.958 bits per heavy atom. The molecule has 1 aromatic carbocycles. The lowest BCUT2D eigenvalue weighted by Crippen LogP contribution is -2.32. The SMILES string of the molecule is COc1cc(C(=O)ON2C(=O)c3ccccc3C2=O)cc(OC)n1. The van der Waals surface area contributed by atoms with E-state index in [-0.39, 0.29) is 28.5 Å². The summed E-state index contributed by atoms with van der Waals surface area (Å²) in [4.78, 5) is 45.6. The van der Waals surface area contributed by atoms with Crippen LogP contribution in [-0.2, 0) is 4.84 Å². The lowest BCUT2D eigenvalue weighted by atomic mass is 10.1. The van der Waals surface area contributed by atoms with Crippen LogP contribution in [0.4, 0.5) is 0 Å². The van der Waals surface area contributed by atoms with Crippen LogP contribution in [0.25, 0.3) is 0 Å². The molecule has 3 rings (SSSR count). The molecular formula is C16H12N2O6. The number of hydrogen-bond donors (Lipinski definition) is 0. The number of hydrogen-bond acceptors (Lipinski definition) is 7. The number of carbonyl (C=O) groups is 3. The summed E-state index contributed by atoms with van der Waals surface area (Å²) in [7, 11) is 2.75. The van der Waals surface area contributed by atoms with Crippen LogP contribution in [0.1, 0.15) is 31.1 Å². The van der Waals surface area contributed by atoms with Gasteiger partial charge in [0.25, 0.3) is 11.8 Å². The van der Waals surface area contributed by atoms with Crippen LogP contribution in [0.5, 0.6) is 11.8 Å². The Hall–Kier alpha value is -3.42. The third-order valence-corrected chi connectivity index (χ3v) is 3.36. The monoisotopic (exact) mass is 328 g/mol. The lowest BCUT2D eigenvalue weighted by molar-refractivity contribution is -0.0584. The summed E-state index contributed by atoms with van der Waals surface area (Å²) in [5.74, 6) is -2.05. The molecule has 0 spiro atoms. The molecular weight excluding hydrogens is 316 g/mol. The molecule has 0 atom stereocenters. The van der Waals surface area contributed by atoms with Gasteiger partial charge in [-0.25, -0.2) is 4.79 Å². The summed E-state index contributed by atoms with van der Waals surface area (Å²) in [5, 5.41) is 0.437. The summed E-state index contributed by atoms with van der Waals surface area (Å²) in [5.41, 5.74) is 0.385. The Balaban J connectivity index is 1.86. The van der Waals surface area contributed by atoms with E-state index >= 15 is 0 Å². The zero-order valence-corrected chi connectivity index (χ0v) is 12.8. The van der Waals surface area contributed by atoms with E-state index in [1.165, 1.54) is 38.5 Å². The second-order valence-electron chi connectivity index (χ2n) is 4.77. The van der Waals surface area contributed by atoms with Crippen LogP contribution in [0.3, 0.4) is 0 Å². The first-order valence-electron chi connectivity index (χ1n) is 6.85. The van der Waals surface area contributed by atoms with Gasteiger partial charge in [0.1, 0.15) is 0 Å². The number of hydroxylamine groups is 2. The van der Waals surface area contributed by atoms with Crippen molar-refractivity contribution >= 4 is 17.8 Å². The number of methoxy groups -OCH3 is 2. The summed E-state index contributed by atoms with van der Waals surface area (Å²) < 4.78 is 9.93. The van der Waals surface area contributed by atoms with Crippen molar-refractivity contribution in [3.63, 3.8) is 0 Å². The van der Waals surface area contributed by atoms with Gasteiger partial charge in [-0.2, -0.15) is 4.98 Å². The van der Waals surface area contributed by atoms with E-state index in [1.807, 2.05) is 0 Å². The first kappa shape index (κ1) is 15.5. The fraction of sp³-hybridized carbons (Fsp3) is 0.125. The summed E-state index contributed by atoms with van der Waals surface area (Å²) in [6.07, 6.45) is 0. The van der Waals surface area contributed by atoms with Crippen LogP contribution < -0.4 is 9.47 Å². The van der Waals surface area contributed by atoms with Crippen molar-refractivity contribution in [1.29, 1.82) is 0 Å². The molecule has 1 aliphatic rings. The van der Waals surface area contributed by atoms with Crippen molar-refractivity contribution in [1.82, 2.24) is 10.0 Å². The van der Waals surface area contributed by atoms with Crippen molar-refractivity contribution in [2.24, 2.45) is 0 Å². The minimum Gasteiger partial charge on any atom is -0.481 e. The molecule has 2 amide bonds. The first-order chi connectivity index (χ1) is 11.5. The highest BCUT2D eigenvalue weighted by Crippen LogP contribution is 2.24. The Bertz CT molecular complexity index is 791. The number of ether oxygens (including phenoxy) is 2. The van der Waals surface area contributed by atoms with Crippen LogP contribution in [-0.4, -0.2) is 42.1 Å². The van der Waals surface area contributed by atoms with Gasteiger partial charge >= 0.3 is 5.97 Å². The van der Waals surface area contributed by atoms with Crippen molar-refractivity contribution in [3.8, 4) is 11.8 Å². The summed E-state index contributed by atoms with van der Waals surface area (Å²) in [6.45, 7) is 0. The van der Waals surface area contributed by atoms with Crippen molar-refractivity contribution < 1.29 is 28.7 Å². The molecule has 24 heavy (non-hydrogen) atoms. The van der Waals surface area contributed by atoms with E-state index in [0.29, 0.717) is 5.06 Å². The Morgan fingerprint density at radius 2 is 1.46 bits per heavy atom. The van der Waals surface area contributed by atoms with Gasteiger partial charge in [-0.1, -0.05) is 17.2 Å². The van der Waals surface area contributed by atoms with Gasteiger partial charge in [-0.05, 0) is 12.1 Å². The molecule has 0 aliphatic carbocycles. The van der Waals surface area contributed by atoms with E-state index in [0.717, 1.165) is 0 Å². The smallest absolute Gasteiger partial charge is 0.364 e. The fourth-order valence-corrected chi connectivity index (χ4v) is 2.19. The molecule has 1 aromatic heterocycles. The van der Waals surface area contributed by atoms with Crippen LogP contribution in [0.15, 0.2) is 36.4 Å². The highest BCUT2D eigenvalue weighted by Gasteiger charge is 2.38. The van der Waals surface area contributed by atoms with E-state index < -0.39 is 17.8 Å². The normalized spacial score (nSPS) is 12.8. The molecule has 0 saturated heterocycles. The topological polar surface area (TPSA) is 95.0 Å². The van der Waals surface area contributed by atoms with Crippen LogP contribution in [0, 0.1) is 0 Å². The average Bonchev–Trinajstić information content (AvgIpc) is 2.86. The number of benzene rings is 1. The maximum absolute atomic E-state index is 12.3. The Labute approximate surface area is 136 Å². The van der Waals surface area contributed by atoms with Gasteiger partial charge in [-0.3, -0.25) is 9.59 Å². The number of rotatable bonds is 4. The second-order valence-corrected chi connectivity index (χ2v) is 4.77. The number of pyridine rings is 1. The quantitative estimate of drug-likeness (QED) is 0.784. The summed E-state index contributed by atoms with van der Waals surface area (Å²) in [6, 6.07) is 8.83. The number of nitrogens with zero attached hydrogens (tertiary/aromatic N) is 2. The zero-order chi connectivity index (χ0) is 17.3. The van der Waals surface area contributed by atoms with E-state index in [2.05, 4.69) is 4.98 Å². The Kier molecular flexibility index (Phi) is 3.87. The third-order valence-electron chi connectivity index (χ3n) is 3.36. The maximum Gasteiger partial charge on any atom is 0.364 e. The minimum absolute atomic E-state index is 0.0234. The zero-order valence-electron chi connectivity index (χ0n) is 12.8. The highest BCUT2D eigenvalue weighted by atomic mass is 16.7. The molecule has 1 aliphatic heterocycles. The van der Waals surface area contributed by atoms with Gasteiger partial charge in [0.15, 0.2) is 0 Å². The molecule has 0 saturated carbocycles. The highest BCUT2D eigenvalue weighted by molar-refractivity contribution is 6.21. The third kappa shape index (κ3) is 2.54. The van der Waals surface area contributed by atoms with Crippen molar-refractivity contribution in [2.45, 2.75) is 0 Å². The molecule has 0 bridgehead atoms. The van der Waals surface area contributed by atoms with E-state index in [4.69, 9.17) is 14.3 Å². The molecule has 2 heterocycles. The predicted molar refractivity (Wildman–Crippen MR) is 79.7 cm³/mol. The first-order valence-corrected chi connectivity index (χ1v) is 6.85. The van der Waals surface area contributed by atoms with Gasteiger partial charge < -0.3 is 14.3 Å². The number of aromatic nitrogens is 1. The average molecular weight is 328 g/mol. The lowest BCUT2D eigenvalue weighted by Gasteiger charge is -2.13. The number of imide groups is 1. The maximum atomic E-state index is 12.3. The largest absolute Gasteiger partial charge is 0.481 e. The van der Waals surface area contributed by atoms with Gasteiger partial charge in [0, 0.05) is 12.1 Å². The molecule has 2 aromatic rings. The standard InChI is InChI=1S/C16H12N2O6/c1-22-12-7-9(8-13(17-12)23-2)16(21)24-18-14(19)10-5-3-4-6-11(10)15(18)20/h3-8H,1-2H3. The predicted octanol–water partition coefficient (Wildman–Crippen LogP) is 1.47. The van der Waals surface area contributed by atoms with Crippen molar-refractivity contribution in [3.05, 3.63) is 53.1 Å². The molecule has 0 unspecified atom stereocenters. The minimum atomic E-state index is -0.913. The van der Waals surface area contributed by atoms with Gasteiger partial charge in [-0.15, -0.1) is 0 Å². The second kappa shape index (κ2) is 5.99. The number of fused-ring (bicyclic) bond motifs is 1.